The van der Waals surface area contributed by atoms with Crippen LogP contribution in [0.2, 0.25) is 0 Å². The number of hydrogen-bond acceptors (Lipinski definition) is 10. The van der Waals surface area contributed by atoms with Crippen molar-refractivity contribution in [2.75, 3.05) is 41.7 Å². The number of halogens is 3. The molecule has 3 N–H and O–H groups in total. The van der Waals surface area contributed by atoms with Gasteiger partial charge in [0.05, 0.1) is 22.9 Å². The average molecular weight is 961 g/mol. The number of hydrazine groups is 1. The summed E-state index contributed by atoms with van der Waals surface area (Å²) < 4.78 is 98.5. The highest BCUT2D eigenvalue weighted by Crippen LogP contribution is 2.61. The third-order valence-electron chi connectivity index (χ3n) is 13.3. The van der Waals surface area contributed by atoms with Gasteiger partial charge in [0.2, 0.25) is 20.0 Å². The number of anilines is 3. The fourth-order valence-electron chi connectivity index (χ4n) is 9.30. The summed E-state index contributed by atoms with van der Waals surface area (Å²) in [5, 5.41) is 7.92. The van der Waals surface area contributed by atoms with E-state index in [2.05, 4.69) is 51.1 Å². The molecule has 4 fully saturated rings. The molecule has 2 aromatic carbocycles. The number of aromatic nitrogens is 3. The number of nitrogens with zero attached hydrogens (tertiary/aromatic N) is 7. The van der Waals surface area contributed by atoms with E-state index >= 15 is 0 Å². The topological polar surface area (TPSA) is 190 Å². The maximum absolute atomic E-state index is 14.3. The molecular weight excluding hydrogens is 910 g/mol. The van der Waals surface area contributed by atoms with E-state index in [1.807, 2.05) is 0 Å². The molecule has 0 unspecified atom stereocenters. The van der Waals surface area contributed by atoms with Crippen molar-refractivity contribution < 1.29 is 39.6 Å². The van der Waals surface area contributed by atoms with Crippen LogP contribution in [0.3, 0.4) is 0 Å². The molecular formula is C46H51F3N10O6S2. The first-order valence-corrected chi connectivity index (χ1v) is 24.7. The van der Waals surface area contributed by atoms with Crippen LogP contribution in [0.15, 0.2) is 126 Å². The summed E-state index contributed by atoms with van der Waals surface area (Å²) in [6.45, 7) is 6.56. The van der Waals surface area contributed by atoms with Gasteiger partial charge >= 0.3 is 18.2 Å². The Hall–Kier alpha value is -6.16. The van der Waals surface area contributed by atoms with E-state index in [9.17, 15) is 39.6 Å². The standard InChI is InChI=1S/C46H51F3N10O6S2/c1-31-39-25-34(45(39,2)3)26-40(31)55-66(62,63)37-15-11-35(12-16-37)52-43(60)58(29-32-7-5-19-50-27-32)59(30-33-8-6-20-51-28-33)44(61)53-36-13-17-38(18-14-36)67(64,65)57-23-21-56(22-24-57)42-10-4-9-41(54-42)46(47,48)49/h4-20,27-28,31,34,39-40,55H,21-26,29-30H2,1-3H3,(H,52,60)(H,53,61)/t31-,34+,39+,40+/m0/s1. The van der Waals surface area contributed by atoms with Crippen LogP contribution in [0.25, 0.3) is 0 Å². The smallest absolute Gasteiger partial charge is 0.354 e. The minimum absolute atomic E-state index is 0.00346. The van der Waals surface area contributed by atoms with Crippen molar-refractivity contribution in [1.29, 1.82) is 0 Å². The minimum atomic E-state index is -4.62. The Bertz CT molecular complexity index is 2780. The van der Waals surface area contributed by atoms with Crippen molar-refractivity contribution >= 4 is 49.3 Å². The zero-order valence-corrected chi connectivity index (χ0v) is 38.6. The number of fused-ring (bicyclic) bond motifs is 2. The highest BCUT2D eigenvalue weighted by atomic mass is 32.2. The normalized spacial score (nSPS) is 20.6. The van der Waals surface area contributed by atoms with E-state index in [0.29, 0.717) is 23.0 Å². The first kappa shape index (κ1) is 47.3. The zero-order chi connectivity index (χ0) is 47.7. The van der Waals surface area contributed by atoms with E-state index in [0.717, 1.165) is 18.9 Å². The second-order valence-electron chi connectivity index (χ2n) is 17.7. The Morgan fingerprint density at radius 1 is 0.731 bits per heavy atom. The molecule has 1 aliphatic heterocycles. The molecule has 4 amide bonds. The Morgan fingerprint density at radius 2 is 1.27 bits per heavy atom. The first-order valence-electron chi connectivity index (χ1n) is 21.8. The molecule has 4 atom stereocenters. The highest BCUT2D eigenvalue weighted by Gasteiger charge is 2.56. The number of piperazine rings is 1. The SMILES string of the molecule is C[C@H]1[C@H]2C[C@H](C[C@H]1NS(=O)(=O)c1ccc(NC(=O)N(Cc3cccnc3)N(Cc3cccnc3)C(=O)Nc3ccc(S(=O)(=O)N4CCN(c5cccc(C(F)(F)F)n5)CC4)cc3)cc1)C2(C)C. The lowest BCUT2D eigenvalue weighted by Crippen LogP contribution is -2.60. The Kier molecular flexibility index (Phi) is 13.3. The van der Waals surface area contributed by atoms with Gasteiger partial charge in [-0.15, -0.1) is 0 Å². The molecule has 4 heterocycles. The average Bonchev–Trinajstić information content (AvgIpc) is 3.31. The predicted molar refractivity (Wildman–Crippen MR) is 244 cm³/mol. The number of hydrogen-bond donors (Lipinski definition) is 3. The number of urea groups is 2. The first-order chi connectivity index (χ1) is 31.8. The molecule has 1 saturated heterocycles. The minimum Gasteiger partial charge on any atom is -0.354 e. The molecule has 4 aliphatic rings. The highest BCUT2D eigenvalue weighted by molar-refractivity contribution is 7.89. The molecule has 0 spiro atoms. The van der Waals surface area contributed by atoms with Gasteiger partial charge in [-0.05, 0) is 120 Å². The Labute approximate surface area is 387 Å². The van der Waals surface area contributed by atoms with Gasteiger partial charge in [0, 0.05) is 68.4 Å². The Morgan fingerprint density at radius 3 is 1.75 bits per heavy atom. The molecule has 3 aliphatic carbocycles. The lowest BCUT2D eigenvalue weighted by atomic mass is 9.45. The van der Waals surface area contributed by atoms with Crippen LogP contribution in [0, 0.1) is 23.2 Å². The molecule has 16 nitrogen and oxygen atoms in total. The second-order valence-corrected chi connectivity index (χ2v) is 21.4. The van der Waals surface area contributed by atoms with Crippen molar-refractivity contribution in [3.63, 3.8) is 0 Å². The van der Waals surface area contributed by atoms with Crippen LogP contribution in [0.5, 0.6) is 0 Å². The van der Waals surface area contributed by atoms with Gasteiger partial charge < -0.3 is 15.5 Å². The number of carbonyl (C=O) groups is 2. The van der Waals surface area contributed by atoms with E-state index < -0.39 is 44.0 Å². The van der Waals surface area contributed by atoms with Gasteiger partial charge in [-0.2, -0.15) is 17.5 Å². The summed E-state index contributed by atoms with van der Waals surface area (Å²) in [4.78, 5) is 42.3. The van der Waals surface area contributed by atoms with E-state index in [-0.39, 0.29) is 83.6 Å². The lowest BCUT2D eigenvalue weighted by Gasteiger charge is -2.62. The van der Waals surface area contributed by atoms with Gasteiger partial charge in [-0.25, -0.2) is 46.1 Å². The van der Waals surface area contributed by atoms with Crippen molar-refractivity contribution in [2.45, 2.75) is 68.7 Å². The van der Waals surface area contributed by atoms with Crippen LogP contribution in [-0.2, 0) is 39.3 Å². The van der Waals surface area contributed by atoms with E-state index in [4.69, 9.17) is 0 Å². The quantitative estimate of drug-likeness (QED) is 0.106. The molecule has 0 radical (unpaired) electrons. The molecule has 67 heavy (non-hydrogen) atoms. The van der Waals surface area contributed by atoms with Crippen molar-refractivity contribution in [3.8, 4) is 0 Å². The van der Waals surface area contributed by atoms with Gasteiger partial charge in [0.1, 0.15) is 11.5 Å². The molecule has 5 aromatic rings. The molecule has 354 valence electrons. The summed E-state index contributed by atoms with van der Waals surface area (Å²) in [6.07, 6.45) is 3.49. The van der Waals surface area contributed by atoms with Crippen molar-refractivity contribution in [1.82, 2.24) is 34.0 Å². The molecule has 3 saturated carbocycles. The lowest BCUT2D eigenvalue weighted by molar-refractivity contribution is -0.141. The number of benzene rings is 2. The fraction of sp³-hybridized carbons (Fsp3) is 0.370. The molecule has 3 aromatic heterocycles. The fourth-order valence-corrected chi connectivity index (χ4v) is 12.1. The summed E-state index contributed by atoms with van der Waals surface area (Å²) in [6, 6.07) is 20.0. The zero-order valence-electron chi connectivity index (χ0n) is 37.0. The van der Waals surface area contributed by atoms with Crippen LogP contribution < -0.4 is 20.3 Å². The van der Waals surface area contributed by atoms with Crippen LogP contribution in [0.4, 0.5) is 40.0 Å². The monoisotopic (exact) mass is 960 g/mol. The molecule has 21 heteroatoms. The third kappa shape index (κ3) is 10.4. The van der Waals surface area contributed by atoms with Gasteiger partial charge in [0.25, 0.3) is 0 Å². The van der Waals surface area contributed by atoms with Crippen LogP contribution in [0.1, 0.15) is 50.4 Å². The molecule has 9 rings (SSSR count). The predicted octanol–water partition coefficient (Wildman–Crippen LogP) is 7.43. The summed E-state index contributed by atoms with van der Waals surface area (Å²) in [5.74, 6) is 1.19. The Balaban J connectivity index is 0.969. The van der Waals surface area contributed by atoms with Crippen LogP contribution in [-0.4, -0.2) is 90.4 Å². The number of alkyl halides is 3. The van der Waals surface area contributed by atoms with E-state index in [1.54, 1.807) is 54.0 Å². The number of carbonyl (C=O) groups excluding carboxylic acids is 2. The van der Waals surface area contributed by atoms with Crippen LogP contribution >= 0.6 is 0 Å². The maximum Gasteiger partial charge on any atom is 0.433 e. The summed E-state index contributed by atoms with van der Waals surface area (Å²) in [7, 11) is -7.92. The number of pyridine rings is 3. The maximum atomic E-state index is 14.3. The largest absolute Gasteiger partial charge is 0.433 e. The second kappa shape index (κ2) is 18.8. The van der Waals surface area contributed by atoms with Crippen molar-refractivity contribution in [2.24, 2.45) is 23.2 Å². The summed E-state index contributed by atoms with van der Waals surface area (Å²) in [5.41, 5.74) is 0.780. The van der Waals surface area contributed by atoms with E-state index in [1.165, 1.54) is 75.0 Å². The van der Waals surface area contributed by atoms with Gasteiger partial charge in [-0.1, -0.05) is 39.0 Å². The molecule has 2 bridgehead atoms. The number of sulfonamides is 2. The number of rotatable bonds is 12. The van der Waals surface area contributed by atoms with Crippen molar-refractivity contribution in [3.05, 3.63) is 133 Å². The summed E-state index contributed by atoms with van der Waals surface area (Å²) >= 11 is 0. The van der Waals surface area contributed by atoms with Gasteiger partial charge in [0.15, 0.2) is 0 Å². The number of amides is 4. The van der Waals surface area contributed by atoms with Gasteiger partial charge in [-0.3, -0.25) is 9.97 Å². The third-order valence-corrected chi connectivity index (χ3v) is 16.7. The number of nitrogens with one attached hydrogen (secondary N) is 3.